The van der Waals surface area contributed by atoms with Gasteiger partial charge in [-0.05, 0) is 18.2 Å². The minimum atomic E-state index is -3.82. The number of ether oxygens (including phenoxy) is 1. The SMILES string of the molecule is O=C1COC(=O)N1C1CN(S(=O)(=O)c2cccc(F)c2)C1. The normalized spacial score (nSPS) is 20.5. The molecular weight excluding hydrogens is 303 g/mol. The van der Waals surface area contributed by atoms with Gasteiger partial charge in [0.25, 0.3) is 5.91 Å². The number of cyclic esters (lactones) is 1. The molecule has 2 heterocycles. The lowest BCUT2D eigenvalue weighted by atomic mass is 10.1. The molecule has 0 bridgehead atoms. The minimum Gasteiger partial charge on any atom is -0.439 e. The Labute approximate surface area is 119 Å². The van der Waals surface area contributed by atoms with Gasteiger partial charge in [0.05, 0.1) is 10.9 Å². The van der Waals surface area contributed by atoms with Gasteiger partial charge in [-0.2, -0.15) is 4.31 Å². The average Bonchev–Trinajstić information content (AvgIpc) is 2.69. The van der Waals surface area contributed by atoms with Crippen LogP contribution in [-0.4, -0.2) is 55.4 Å². The van der Waals surface area contributed by atoms with E-state index in [2.05, 4.69) is 4.74 Å². The van der Waals surface area contributed by atoms with E-state index in [9.17, 15) is 22.4 Å². The Morgan fingerprint density at radius 2 is 1.95 bits per heavy atom. The molecule has 2 aliphatic heterocycles. The summed E-state index contributed by atoms with van der Waals surface area (Å²) in [4.78, 5) is 23.6. The predicted molar refractivity (Wildman–Crippen MR) is 67.1 cm³/mol. The molecule has 9 heteroatoms. The summed E-state index contributed by atoms with van der Waals surface area (Å²) in [7, 11) is -3.82. The fraction of sp³-hybridized carbons (Fsp3) is 0.333. The molecule has 0 atom stereocenters. The van der Waals surface area contributed by atoms with Crippen molar-refractivity contribution in [1.29, 1.82) is 0 Å². The summed E-state index contributed by atoms with van der Waals surface area (Å²) in [5, 5.41) is 0. The van der Waals surface area contributed by atoms with Crippen LogP contribution in [0, 0.1) is 5.82 Å². The van der Waals surface area contributed by atoms with Gasteiger partial charge in [-0.15, -0.1) is 0 Å². The molecule has 0 aliphatic carbocycles. The number of sulfonamides is 1. The first-order valence-electron chi connectivity index (χ1n) is 6.14. The first-order chi connectivity index (χ1) is 9.89. The summed E-state index contributed by atoms with van der Waals surface area (Å²) in [6.45, 7) is -0.342. The van der Waals surface area contributed by atoms with Gasteiger partial charge in [0.1, 0.15) is 5.82 Å². The number of hydrogen-bond acceptors (Lipinski definition) is 5. The van der Waals surface area contributed by atoms with E-state index >= 15 is 0 Å². The highest BCUT2D eigenvalue weighted by molar-refractivity contribution is 7.89. The van der Waals surface area contributed by atoms with Crippen LogP contribution in [0.25, 0.3) is 0 Å². The van der Waals surface area contributed by atoms with Crippen molar-refractivity contribution in [2.75, 3.05) is 19.7 Å². The fourth-order valence-corrected chi connectivity index (χ4v) is 3.82. The lowest BCUT2D eigenvalue weighted by Crippen LogP contribution is -2.62. The predicted octanol–water partition coefficient (Wildman–Crippen LogP) is 0.177. The molecule has 3 rings (SSSR count). The quantitative estimate of drug-likeness (QED) is 0.794. The van der Waals surface area contributed by atoms with Gasteiger partial charge in [-0.3, -0.25) is 4.79 Å². The molecule has 0 unspecified atom stereocenters. The molecule has 7 nitrogen and oxygen atoms in total. The number of hydrogen-bond donors (Lipinski definition) is 0. The minimum absolute atomic E-state index is 0.0142. The zero-order valence-corrected chi connectivity index (χ0v) is 11.5. The van der Waals surface area contributed by atoms with Gasteiger partial charge >= 0.3 is 6.09 Å². The third-order valence-corrected chi connectivity index (χ3v) is 5.24. The smallest absolute Gasteiger partial charge is 0.417 e. The van der Waals surface area contributed by atoms with Crippen molar-refractivity contribution in [2.45, 2.75) is 10.9 Å². The molecule has 1 aromatic rings. The van der Waals surface area contributed by atoms with Crippen molar-refractivity contribution in [3.05, 3.63) is 30.1 Å². The van der Waals surface area contributed by atoms with E-state index in [0.29, 0.717) is 0 Å². The van der Waals surface area contributed by atoms with Gasteiger partial charge < -0.3 is 4.74 Å². The topological polar surface area (TPSA) is 84.0 Å². The van der Waals surface area contributed by atoms with Crippen molar-refractivity contribution < 1.29 is 27.1 Å². The van der Waals surface area contributed by atoms with E-state index in [1.165, 1.54) is 12.1 Å². The highest BCUT2D eigenvalue weighted by atomic mass is 32.2. The Balaban J connectivity index is 1.74. The van der Waals surface area contributed by atoms with Crippen LogP contribution in [0.3, 0.4) is 0 Å². The molecule has 2 amide bonds. The van der Waals surface area contributed by atoms with E-state index in [1.807, 2.05) is 0 Å². The standard InChI is InChI=1S/C12H11FN2O5S/c13-8-2-1-3-10(4-8)21(18,19)14-5-9(6-14)15-11(16)7-20-12(15)17/h1-4,9H,5-7H2. The molecule has 2 saturated heterocycles. The van der Waals surface area contributed by atoms with Crippen LogP contribution < -0.4 is 0 Å². The maximum Gasteiger partial charge on any atom is 0.417 e. The zero-order chi connectivity index (χ0) is 15.2. The Morgan fingerprint density at radius 3 is 2.52 bits per heavy atom. The van der Waals surface area contributed by atoms with Crippen LogP contribution in [0.2, 0.25) is 0 Å². The van der Waals surface area contributed by atoms with Crippen molar-refractivity contribution in [2.24, 2.45) is 0 Å². The van der Waals surface area contributed by atoms with Crippen molar-refractivity contribution in [3.8, 4) is 0 Å². The number of rotatable bonds is 3. The number of carbonyl (C=O) groups is 2. The number of amides is 2. The highest BCUT2D eigenvalue weighted by Crippen LogP contribution is 2.26. The monoisotopic (exact) mass is 314 g/mol. The number of nitrogens with zero attached hydrogens (tertiary/aromatic N) is 2. The van der Waals surface area contributed by atoms with Crippen molar-refractivity contribution in [1.82, 2.24) is 9.21 Å². The molecule has 0 radical (unpaired) electrons. The number of benzene rings is 1. The maximum atomic E-state index is 13.1. The maximum absolute atomic E-state index is 13.1. The largest absolute Gasteiger partial charge is 0.439 e. The van der Waals surface area contributed by atoms with Crippen LogP contribution in [0.5, 0.6) is 0 Å². The van der Waals surface area contributed by atoms with Crippen LogP contribution in [0.15, 0.2) is 29.2 Å². The summed E-state index contributed by atoms with van der Waals surface area (Å²) in [6, 6.07) is 4.15. The summed E-state index contributed by atoms with van der Waals surface area (Å²) in [5.41, 5.74) is 0. The Kier molecular flexibility index (Phi) is 3.18. The lowest BCUT2D eigenvalue weighted by Gasteiger charge is -2.40. The van der Waals surface area contributed by atoms with Crippen LogP contribution in [0.4, 0.5) is 9.18 Å². The lowest BCUT2D eigenvalue weighted by molar-refractivity contribution is -0.128. The Bertz CT molecular complexity index is 698. The van der Waals surface area contributed by atoms with Crippen LogP contribution in [-0.2, 0) is 19.6 Å². The molecule has 0 N–H and O–H groups in total. The van der Waals surface area contributed by atoms with E-state index < -0.39 is 33.9 Å². The van der Waals surface area contributed by atoms with Crippen molar-refractivity contribution in [3.63, 3.8) is 0 Å². The van der Waals surface area contributed by atoms with Gasteiger partial charge in [0.15, 0.2) is 6.61 Å². The first kappa shape index (κ1) is 14.0. The Hall–Kier alpha value is -2.00. The van der Waals surface area contributed by atoms with Gasteiger partial charge in [-0.1, -0.05) is 6.07 Å². The molecule has 0 spiro atoms. The molecule has 2 aliphatic rings. The van der Waals surface area contributed by atoms with Gasteiger partial charge in [-0.25, -0.2) is 22.5 Å². The Morgan fingerprint density at radius 1 is 1.24 bits per heavy atom. The molecular formula is C12H11FN2O5S. The molecule has 0 aromatic heterocycles. The number of carbonyl (C=O) groups excluding carboxylic acids is 2. The summed E-state index contributed by atoms with van der Waals surface area (Å²) in [6.07, 6.45) is -0.757. The van der Waals surface area contributed by atoms with Gasteiger partial charge in [0, 0.05) is 13.1 Å². The molecule has 21 heavy (non-hydrogen) atoms. The molecule has 0 saturated carbocycles. The second-order valence-electron chi connectivity index (χ2n) is 4.75. The number of imide groups is 1. The summed E-state index contributed by atoms with van der Waals surface area (Å²) in [5.74, 6) is -1.13. The second kappa shape index (κ2) is 4.78. The van der Waals surface area contributed by atoms with E-state index in [-0.39, 0.29) is 24.6 Å². The third kappa shape index (κ3) is 2.28. The molecule has 112 valence electrons. The highest BCUT2D eigenvalue weighted by Gasteiger charge is 2.46. The fourth-order valence-electron chi connectivity index (χ4n) is 2.27. The summed E-state index contributed by atoms with van der Waals surface area (Å²) < 4.78 is 43.2. The van der Waals surface area contributed by atoms with E-state index in [4.69, 9.17) is 0 Å². The van der Waals surface area contributed by atoms with Crippen molar-refractivity contribution >= 4 is 22.0 Å². The molecule has 2 fully saturated rings. The zero-order valence-electron chi connectivity index (χ0n) is 10.7. The second-order valence-corrected chi connectivity index (χ2v) is 6.69. The molecule has 1 aromatic carbocycles. The van der Waals surface area contributed by atoms with Gasteiger partial charge in [0.2, 0.25) is 10.0 Å². The number of halogens is 1. The van der Waals surface area contributed by atoms with Crippen LogP contribution >= 0.6 is 0 Å². The van der Waals surface area contributed by atoms with Crippen LogP contribution in [0.1, 0.15) is 0 Å². The summed E-state index contributed by atoms with van der Waals surface area (Å²) >= 11 is 0. The van der Waals surface area contributed by atoms with E-state index in [0.717, 1.165) is 21.3 Å². The average molecular weight is 314 g/mol. The third-order valence-electron chi connectivity index (χ3n) is 3.41. The van der Waals surface area contributed by atoms with E-state index in [1.54, 1.807) is 0 Å². The first-order valence-corrected chi connectivity index (χ1v) is 7.58.